The van der Waals surface area contributed by atoms with E-state index in [9.17, 15) is 9.59 Å². The lowest BCUT2D eigenvalue weighted by atomic mass is 10.0. The minimum atomic E-state index is -0.617. The van der Waals surface area contributed by atoms with E-state index in [-0.39, 0.29) is 23.9 Å². The van der Waals surface area contributed by atoms with Gasteiger partial charge in [0, 0.05) is 24.9 Å². The average molecular weight is 548 g/mol. The summed E-state index contributed by atoms with van der Waals surface area (Å²) in [7, 11) is 0. The molecule has 0 bridgehead atoms. The number of ketones is 1. The zero-order chi connectivity index (χ0) is 29.9. The van der Waals surface area contributed by atoms with Crippen molar-refractivity contribution in [3.05, 3.63) is 35.4 Å². The number of nitrogens with two attached hydrogens (primary N) is 2. The van der Waals surface area contributed by atoms with Gasteiger partial charge in [-0.1, -0.05) is 57.9 Å². The highest BCUT2D eigenvalue weighted by molar-refractivity contribution is 5.97. The van der Waals surface area contributed by atoms with E-state index in [1.54, 1.807) is 6.92 Å². The second kappa shape index (κ2) is 19.3. The topological polar surface area (TPSA) is 141 Å². The molecule has 1 rings (SSSR count). The van der Waals surface area contributed by atoms with Gasteiger partial charge >= 0.3 is 0 Å². The van der Waals surface area contributed by atoms with Crippen LogP contribution in [-0.2, 0) is 25.6 Å². The fourth-order valence-corrected chi connectivity index (χ4v) is 3.17. The summed E-state index contributed by atoms with van der Waals surface area (Å²) in [5, 5.41) is 10.5. The lowest BCUT2D eigenvalue weighted by Crippen LogP contribution is -2.36. The Morgan fingerprint density at radius 1 is 0.846 bits per heavy atom. The summed E-state index contributed by atoms with van der Waals surface area (Å²) in [6, 6.07) is 7.38. The number of hydrogen-bond donors (Lipinski definition) is 3. The number of carbonyl (C=O) groups excluding carboxylic acids is 2. The highest BCUT2D eigenvalue weighted by Crippen LogP contribution is 2.20. The molecule has 0 spiro atoms. The van der Waals surface area contributed by atoms with Crippen LogP contribution in [0.5, 0.6) is 0 Å². The van der Waals surface area contributed by atoms with E-state index in [0.717, 1.165) is 17.5 Å². The number of ether oxygens (including phenoxy) is 2. The van der Waals surface area contributed by atoms with Gasteiger partial charge in [-0.2, -0.15) is 0 Å². The van der Waals surface area contributed by atoms with Crippen molar-refractivity contribution in [2.24, 2.45) is 21.7 Å². The molecule has 0 aliphatic carbocycles. The van der Waals surface area contributed by atoms with Crippen molar-refractivity contribution >= 4 is 23.4 Å². The van der Waals surface area contributed by atoms with Gasteiger partial charge in [0.1, 0.15) is 11.6 Å². The van der Waals surface area contributed by atoms with Crippen LogP contribution < -0.4 is 16.8 Å². The number of hydrogen-bond acceptors (Lipinski definition) is 6. The van der Waals surface area contributed by atoms with Crippen LogP contribution in [0, 0.1) is 0 Å². The van der Waals surface area contributed by atoms with E-state index in [1.807, 2.05) is 58.9 Å². The first-order chi connectivity index (χ1) is 18.2. The van der Waals surface area contributed by atoms with Gasteiger partial charge in [0.2, 0.25) is 5.91 Å². The molecule has 9 heteroatoms. The van der Waals surface area contributed by atoms with Gasteiger partial charge in [0.15, 0.2) is 5.84 Å². The van der Waals surface area contributed by atoms with Crippen LogP contribution >= 0.6 is 0 Å². The Bertz CT molecular complexity index is 902. The Labute approximate surface area is 236 Å². The van der Waals surface area contributed by atoms with Crippen molar-refractivity contribution in [2.75, 3.05) is 13.2 Å². The van der Waals surface area contributed by atoms with Crippen LogP contribution in [0.2, 0.25) is 0 Å². The van der Waals surface area contributed by atoms with Crippen LogP contribution in [0.3, 0.4) is 0 Å². The lowest BCUT2D eigenvalue weighted by molar-refractivity contribution is -0.129. The number of unbranched alkanes of at least 4 members (excludes halogenated alkanes) is 1. The maximum absolute atomic E-state index is 12.5. The molecule has 0 aromatic heterocycles. The first-order valence-electron chi connectivity index (χ1n) is 14.0. The number of carbonyl (C=O) groups is 2. The predicted octanol–water partition coefficient (Wildman–Crippen LogP) is 5.24. The molecule has 0 saturated carbocycles. The van der Waals surface area contributed by atoms with Crippen molar-refractivity contribution in [1.82, 2.24) is 5.32 Å². The fourth-order valence-electron chi connectivity index (χ4n) is 3.17. The maximum Gasteiger partial charge on any atom is 0.223 e. The number of nitrogens with zero attached hydrogens (tertiary/aromatic N) is 2. The highest BCUT2D eigenvalue weighted by Gasteiger charge is 2.25. The minimum Gasteiger partial charge on any atom is -0.386 e. The summed E-state index contributed by atoms with van der Waals surface area (Å²) >= 11 is 0. The molecule has 5 N–H and O–H groups in total. The monoisotopic (exact) mass is 547 g/mol. The van der Waals surface area contributed by atoms with Gasteiger partial charge in [0.25, 0.3) is 0 Å². The van der Waals surface area contributed by atoms with Crippen molar-refractivity contribution in [1.29, 1.82) is 0 Å². The summed E-state index contributed by atoms with van der Waals surface area (Å²) in [6.07, 6.45) is 5.43. The quantitative estimate of drug-likeness (QED) is 0.138. The maximum atomic E-state index is 12.5. The SMILES string of the molecule is CCCC.CCCC(=O)CCOC(C)(C)CCOC(C)(C)CC(=O)NCc1ccc(/C(N)=N/N=C(/C)N)cc1. The number of nitrogens with one attached hydrogen (secondary N) is 1. The predicted molar refractivity (Wildman–Crippen MR) is 161 cm³/mol. The number of benzene rings is 1. The van der Waals surface area contributed by atoms with Crippen LogP contribution in [0.1, 0.15) is 111 Å². The third-order valence-electron chi connectivity index (χ3n) is 5.74. The van der Waals surface area contributed by atoms with Crippen molar-refractivity contribution in [3.8, 4) is 0 Å². The molecule has 0 aliphatic rings. The highest BCUT2D eigenvalue weighted by atomic mass is 16.5. The first-order valence-corrected chi connectivity index (χ1v) is 14.0. The molecule has 0 saturated heterocycles. The number of rotatable bonds is 17. The van der Waals surface area contributed by atoms with Gasteiger partial charge in [-0.15, -0.1) is 10.2 Å². The van der Waals surface area contributed by atoms with Crippen molar-refractivity contribution < 1.29 is 19.1 Å². The molecule has 9 nitrogen and oxygen atoms in total. The molecule has 0 radical (unpaired) electrons. The molecule has 0 heterocycles. The van der Waals surface area contributed by atoms with Crippen molar-refractivity contribution in [3.63, 3.8) is 0 Å². The van der Waals surface area contributed by atoms with Crippen LogP contribution in [0.4, 0.5) is 0 Å². The molecule has 0 aliphatic heterocycles. The Morgan fingerprint density at radius 3 is 1.97 bits per heavy atom. The van der Waals surface area contributed by atoms with Gasteiger partial charge < -0.3 is 26.3 Å². The Hall–Kier alpha value is -2.78. The number of amidine groups is 2. The normalized spacial score (nSPS) is 12.5. The zero-order valence-electron chi connectivity index (χ0n) is 25.6. The summed E-state index contributed by atoms with van der Waals surface area (Å²) < 4.78 is 11.9. The Kier molecular flexibility index (Phi) is 17.9. The molecule has 39 heavy (non-hydrogen) atoms. The number of Topliss-reactive ketones (excluding diaryl/α,β-unsaturated/α-hetero) is 1. The molecule has 1 amide bonds. The third kappa shape index (κ3) is 19.0. The number of amides is 1. The van der Waals surface area contributed by atoms with E-state index >= 15 is 0 Å². The van der Waals surface area contributed by atoms with Crippen LogP contribution in [-0.4, -0.2) is 47.8 Å². The van der Waals surface area contributed by atoms with Crippen LogP contribution in [0.25, 0.3) is 0 Å². The summed E-state index contributed by atoms with van der Waals surface area (Å²) in [6.45, 7) is 17.0. The summed E-state index contributed by atoms with van der Waals surface area (Å²) in [5.41, 5.74) is 12.0. The zero-order valence-corrected chi connectivity index (χ0v) is 25.6. The van der Waals surface area contributed by atoms with Gasteiger partial charge in [-0.05, 0) is 53.0 Å². The van der Waals surface area contributed by atoms with E-state index in [0.29, 0.717) is 44.9 Å². The lowest BCUT2D eigenvalue weighted by Gasteiger charge is -2.29. The second-order valence-electron chi connectivity index (χ2n) is 10.9. The van der Waals surface area contributed by atoms with Crippen LogP contribution in [0.15, 0.2) is 34.5 Å². The van der Waals surface area contributed by atoms with E-state index < -0.39 is 11.2 Å². The van der Waals surface area contributed by atoms with E-state index in [2.05, 4.69) is 29.4 Å². The Balaban J connectivity index is 0.00000336. The molecule has 0 fully saturated rings. The average Bonchev–Trinajstić information content (AvgIpc) is 2.86. The molecule has 0 atom stereocenters. The second-order valence-corrected chi connectivity index (χ2v) is 10.9. The fraction of sp³-hybridized carbons (Fsp3) is 0.667. The summed E-state index contributed by atoms with van der Waals surface area (Å²) in [5.74, 6) is 0.723. The van der Waals surface area contributed by atoms with Gasteiger partial charge in [0.05, 0.1) is 30.8 Å². The molecular formula is C30H53N5O4. The standard InChI is InChI=1S/C26H43N5O4.C4H10/c1-7-8-22(32)13-15-34-25(3,4)14-16-35-26(5,6)17-23(33)29-18-20-9-11-21(12-10-20)24(28)31-30-19(2)27;1-3-4-2/h9-12H,7-8,13-18H2,1-6H3,(H2,27,30)(H2,28,31)(H,29,33);3-4H2,1-2H3. The Morgan fingerprint density at radius 2 is 1.44 bits per heavy atom. The largest absolute Gasteiger partial charge is 0.386 e. The smallest absolute Gasteiger partial charge is 0.223 e. The minimum absolute atomic E-state index is 0.0992. The summed E-state index contributed by atoms with van der Waals surface area (Å²) in [4.78, 5) is 24.1. The van der Waals surface area contributed by atoms with E-state index in [1.165, 1.54) is 12.8 Å². The van der Waals surface area contributed by atoms with Crippen molar-refractivity contribution in [2.45, 2.75) is 118 Å². The molecule has 0 unspecified atom stereocenters. The molecule has 1 aromatic carbocycles. The van der Waals surface area contributed by atoms with Gasteiger partial charge in [-0.3, -0.25) is 9.59 Å². The molecular weight excluding hydrogens is 494 g/mol. The van der Waals surface area contributed by atoms with E-state index in [4.69, 9.17) is 20.9 Å². The molecule has 1 aromatic rings. The molecule has 222 valence electrons. The van der Waals surface area contributed by atoms with Gasteiger partial charge in [-0.25, -0.2) is 0 Å². The first kappa shape index (κ1) is 36.2. The third-order valence-corrected chi connectivity index (χ3v) is 5.74.